The fourth-order valence-corrected chi connectivity index (χ4v) is 11.5. The topological polar surface area (TPSA) is 257 Å². The van der Waals surface area contributed by atoms with Gasteiger partial charge in [0, 0.05) is 89.9 Å². The average molecular weight is 1830 g/mol. The maximum absolute atomic E-state index is 11.7. The van der Waals surface area contributed by atoms with E-state index in [4.69, 9.17) is 4.74 Å². The van der Waals surface area contributed by atoms with Gasteiger partial charge in [-0.1, -0.05) is 229 Å². The predicted molar refractivity (Wildman–Crippen MR) is 552 cm³/mol. The number of pyridine rings is 3. The third-order valence-electron chi connectivity index (χ3n) is 19.4. The molecular weight excluding hydrogens is 1660 g/mol. The van der Waals surface area contributed by atoms with Crippen LogP contribution in [0.4, 0.5) is 0 Å². The van der Waals surface area contributed by atoms with Crippen molar-refractivity contribution in [3.8, 4) is 0 Å². The van der Waals surface area contributed by atoms with E-state index < -0.39 is 6.04 Å². The zero-order valence-corrected chi connectivity index (χ0v) is 82.8. The molecule has 1 aliphatic heterocycles. The van der Waals surface area contributed by atoms with Crippen molar-refractivity contribution in [2.75, 3.05) is 41.3 Å². The molecule has 0 amide bonds. The van der Waals surface area contributed by atoms with Crippen LogP contribution in [0.3, 0.4) is 0 Å². The van der Waals surface area contributed by atoms with Crippen molar-refractivity contribution < 1.29 is 66.6 Å². The molecule has 0 spiro atoms. The van der Waals surface area contributed by atoms with E-state index in [1.165, 1.54) is 72.1 Å². The van der Waals surface area contributed by atoms with Gasteiger partial charge in [-0.2, -0.15) is 25.3 Å². The molecule has 1 aliphatic rings. The second-order valence-corrected chi connectivity index (χ2v) is 32.3. The number of hydrogen-bond acceptors (Lipinski definition) is 19. The highest BCUT2D eigenvalue weighted by molar-refractivity contribution is 7.81. The van der Waals surface area contributed by atoms with Gasteiger partial charge in [0.2, 0.25) is 0 Å². The third-order valence-corrected chi connectivity index (χ3v) is 20.8. The molecule has 0 saturated carbocycles. The summed E-state index contributed by atoms with van der Waals surface area (Å²) in [6.45, 7) is 34.7. The van der Waals surface area contributed by atoms with Gasteiger partial charge in [-0.25, -0.2) is 9.13 Å². The molecule has 4 heterocycles. The number of ketones is 10. The van der Waals surface area contributed by atoms with Crippen molar-refractivity contribution in [3.63, 3.8) is 0 Å². The van der Waals surface area contributed by atoms with Crippen molar-refractivity contribution in [1.82, 2.24) is 25.8 Å². The fraction of sp³-hybridized carbons (Fsp3) is 0.468. The van der Waals surface area contributed by atoms with Crippen molar-refractivity contribution >= 4 is 111 Å². The van der Waals surface area contributed by atoms with E-state index >= 15 is 0 Å². The Morgan fingerprint density at radius 2 is 0.846 bits per heavy atom. The van der Waals surface area contributed by atoms with E-state index in [2.05, 4.69) is 85.8 Å². The maximum Gasteiger partial charge on any atom is 0.322 e. The van der Waals surface area contributed by atoms with Crippen molar-refractivity contribution in [2.24, 2.45) is 14.1 Å². The lowest BCUT2D eigenvalue weighted by atomic mass is 10.0. The number of carbonyl (C=O) groups excluding carboxylic acids is 11. The van der Waals surface area contributed by atoms with Crippen LogP contribution in [0.1, 0.15) is 266 Å². The normalized spacial score (nSPS) is 11.3. The van der Waals surface area contributed by atoms with E-state index in [0.717, 1.165) is 80.4 Å². The van der Waals surface area contributed by atoms with Crippen LogP contribution >= 0.6 is 25.3 Å². The summed E-state index contributed by atoms with van der Waals surface area (Å²) in [4.78, 5) is 125. The van der Waals surface area contributed by atoms with Crippen LogP contribution in [-0.2, 0) is 94.1 Å². The molecule has 3 aromatic heterocycles. The van der Waals surface area contributed by atoms with Gasteiger partial charge in [0.25, 0.3) is 0 Å². The number of benzene rings is 6. The summed E-state index contributed by atoms with van der Waals surface area (Å²) in [6, 6.07) is 60.4. The monoisotopic (exact) mass is 1830 g/mol. The zero-order chi connectivity index (χ0) is 96.6. The second kappa shape index (κ2) is 82.2. The molecule has 19 nitrogen and oxygen atoms in total. The first kappa shape index (κ1) is 131. The third kappa shape index (κ3) is 69.0. The number of methoxy groups -OCH3 is 1. The number of likely N-dealkylation sites (N-methyl/N-ethyl adjacent to an activating group) is 1. The standard InChI is InChI=1S/C15H21NO3.C12H10O.C11H9NO.2C9H12NO.2C9H10O.C6H13NO.C6H13N.C6H15N.C5H10OS.C5H12S.C4H8O.3CH4/c1-11(12(2)17)16-14(15(18)19-3)10-9-13-7-5-4-6-8-13;1-9(13)11-8-4-6-10-5-2-3-7-12(10)11;1-8(13)10-6-2-4-9-5-3-7-12-11(9)10;1-8(11)7-9-3-5-10(2)6-4-9;1-8(11)6-9-4-3-5-10(2)7-9;2*1-8(10)7-9-5-3-2-4-6-9;1-4-6(7-3)5(2)8;1-7-5-3-2-4-6-7;1-4-6(5-2)7-3;1-3-5(7)4(2)6;1-3-5(6)4-2;1-3-4(2)5;;;/h4-8,11,14,16H,9-10H2,1-3H3;2-8H,1H3;2-7H,1H3;3-6H,7H2,1-2H3;3-5,7H,6H2,1-2H3;2*2-6H,7H2,1H3;6-7H,4H2,1-3H3;2-6H2,1H3;6-7H,4-5H2,1-3H3;5,7H,3H2,1-2H3;5-6H,3-4H2,1-2H3;3H2,1-2H3;3*1H4/q;;;2*+1;;;;;;;;;;;. The van der Waals surface area contributed by atoms with E-state index in [1.807, 2.05) is 258 Å². The number of nitrogens with one attached hydrogen (secondary N) is 3. The number of para-hydroxylation sites is 1. The smallest absolute Gasteiger partial charge is 0.322 e. The van der Waals surface area contributed by atoms with Crippen LogP contribution in [0.2, 0.25) is 0 Å². The summed E-state index contributed by atoms with van der Waals surface area (Å²) < 4.78 is 8.66. The molecule has 10 rings (SSSR count). The van der Waals surface area contributed by atoms with E-state index in [1.54, 1.807) is 88.5 Å². The summed E-state index contributed by atoms with van der Waals surface area (Å²) in [6.07, 6.45) is 24.6. The molecule has 9 aromatic rings. The first-order chi connectivity index (χ1) is 60.3. The second-order valence-electron chi connectivity index (χ2n) is 30.9. The number of thiol groups is 2. The SMILES string of the molecule is C.C.C.CC(=O)Cc1cc[n+](C)cc1.CC(=O)Cc1ccc[n+](C)c1.CC(=O)Cc1ccccc1.CC(=O)Cc1ccccc1.CC(=O)c1cccc2ccccc12.CC(=O)c1cccc2cccnc12.CCC(C)=O.CCC(CC)NC.CCC(NC)C(C)=O.CCC(S)C(C)=O.CCC(S)CC.CN1CCCCC1.COC(=O)C(CCc1ccccc1)NC(C)C(C)=O. The molecule has 4 atom stereocenters. The van der Waals surface area contributed by atoms with Crippen LogP contribution in [0.25, 0.3) is 21.7 Å². The van der Waals surface area contributed by atoms with Crippen molar-refractivity contribution in [3.05, 3.63) is 258 Å². The number of ether oxygens (including phenoxy) is 1. The highest BCUT2D eigenvalue weighted by Gasteiger charge is 2.23. The number of aryl methyl sites for hydroxylation is 3. The van der Waals surface area contributed by atoms with E-state index in [0.29, 0.717) is 49.3 Å². The molecule has 0 bridgehead atoms. The number of fused-ring (bicyclic) bond motifs is 2. The summed E-state index contributed by atoms with van der Waals surface area (Å²) in [5.74, 6) is 1.33. The number of carbonyl (C=O) groups is 11. The number of esters is 1. The van der Waals surface area contributed by atoms with Crippen LogP contribution in [0, 0.1) is 0 Å². The van der Waals surface area contributed by atoms with Gasteiger partial charge in [-0.05, 0) is 226 Å². The number of hydrogen-bond donors (Lipinski definition) is 5. The number of aromatic nitrogens is 3. The zero-order valence-electron chi connectivity index (χ0n) is 81.1. The average Bonchev–Trinajstić information content (AvgIpc) is 0.826. The van der Waals surface area contributed by atoms with Crippen LogP contribution < -0.4 is 25.1 Å². The number of rotatable bonds is 28. The molecule has 3 N–H and O–H groups in total. The summed E-state index contributed by atoms with van der Waals surface area (Å²) in [7, 11) is 11.3. The van der Waals surface area contributed by atoms with Gasteiger partial charge in [0.1, 0.15) is 66.4 Å². The molecule has 6 aromatic carbocycles. The molecule has 21 heteroatoms. The van der Waals surface area contributed by atoms with Gasteiger partial charge in [-0.15, -0.1) is 0 Å². The first-order valence-electron chi connectivity index (χ1n) is 44.3. The van der Waals surface area contributed by atoms with Crippen LogP contribution in [-0.4, -0.2) is 150 Å². The van der Waals surface area contributed by atoms with Crippen LogP contribution in [0.5, 0.6) is 0 Å². The number of likely N-dealkylation sites (tertiary alicyclic amines) is 1. The lowest BCUT2D eigenvalue weighted by Crippen LogP contribution is -2.45. The molecule has 1 saturated heterocycles. The molecule has 0 aliphatic carbocycles. The van der Waals surface area contributed by atoms with Crippen LogP contribution in [0.15, 0.2) is 219 Å². The minimum Gasteiger partial charge on any atom is -0.468 e. The molecular formula is C109H167N7O12S2+2. The Bertz CT molecular complexity index is 4360. The Balaban J connectivity index is -0.000000324. The minimum absolute atomic E-state index is 0. The number of Topliss-reactive ketones (excluding diaryl/α,β-unsaturated/α-hetero) is 10. The quantitative estimate of drug-likeness (QED) is 0.0132. The molecule has 720 valence electrons. The lowest BCUT2D eigenvalue weighted by molar-refractivity contribution is -0.671. The van der Waals surface area contributed by atoms with Gasteiger partial charge in [0.15, 0.2) is 36.4 Å². The maximum atomic E-state index is 11.7. The summed E-state index contributed by atoms with van der Waals surface area (Å²) in [5.41, 5.74) is 7.78. The fourth-order valence-electron chi connectivity index (χ4n) is 11.5. The Morgan fingerprint density at radius 3 is 1.18 bits per heavy atom. The van der Waals surface area contributed by atoms with E-state index in [9.17, 15) is 52.7 Å². The number of piperidine rings is 1. The van der Waals surface area contributed by atoms with Gasteiger partial charge in [-0.3, -0.25) is 58.2 Å². The Labute approximate surface area is 796 Å². The Kier molecular flexibility index (Phi) is 82.7. The van der Waals surface area contributed by atoms with Gasteiger partial charge in [0.05, 0.1) is 30.0 Å². The number of nitrogens with zero attached hydrogens (tertiary/aromatic N) is 4. The minimum atomic E-state index is -0.455. The Hall–Kier alpha value is -10.00. The van der Waals surface area contributed by atoms with Crippen molar-refractivity contribution in [2.45, 2.75) is 284 Å². The molecule has 130 heavy (non-hydrogen) atoms. The summed E-state index contributed by atoms with van der Waals surface area (Å²) in [5, 5.41) is 12.9. The molecule has 1 fully saturated rings. The predicted octanol–water partition coefficient (Wildman–Crippen LogP) is 21.5. The van der Waals surface area contributed by atoms with Gasteiger partial charge >= 0.3 is 5.97 Å². The Morgan fingerprint density at radius 1 is 0.431 bits per heavy atom. The highest BCUT2D eigenvalue weighted by atomic mass is 32.1. The lowest BCUT2D eigenvalue weighted by Gasteiger charge is -2.20. The van der Waals surface area contributed by atoms with Crippen molar-refractivity contribution in [1.29, 1.82) is 0 Å². The first-order valence-corrected chi connectivity index (χ1v) is 45.4. The summed E-state index contributed by atoms with van der Waals surface area (Å²) >= 11 is 8.21. The van der Waals surface area contributed by atoms with Gasteiger partial charge < -0.3 is 25.1 Å². The highest BCUT2D eigenvalue weighted by Crippen LogP contribution is 2.20. The largest absolute Gasteiger partial charge is 0.468 e. The molecule has 0 radical (unpaired) electrons. The van der Waals surface area contributed by atoms with E-state index in [-0.39, 0.29) is 103 Å². The molecule has 4 unspecified atom stereocenters.